The number of rotatable bonds is 4. The van der Waals surface area contributed by atoms with Crippen molar-refractivity contribution in [3.05, 3.63) is 52.1 Å². The van der Waals surface area contributed by atoms with Gasteiger partial charge < -0.3 is 0 Å². The lowest BCUT2D eigenvalue weighted by Crippen LogP contribution is -2.09. The first-order valence-corrected chi connectivity index (χ1v) is 5.12. The molecule has 0 atom stereocenters. The maximum Gasteiger partial charge on any atom is 0.315 e. The minimum absolute atomic E-state index is 0.0844. The molecule has 0 bridgehead atoms. The molecule has 0 fully saturated rings. The standard InChI is InChI=1S/C11H10N4O3/c1-8-11(15(17)18)10(2-4-12-8)13-14-5-3-9(6-14)7-16/h2-7H,1H3,(H,12,13). The molecule has 0 saturated carbocycles. The Morgan fingerprint density at radius 1 is 1.50 bits per heavy atom. The summed E-state index contributed by atoms with van der Waals surface area (Å²) in [6.45, 7) is 1.57. The van der Waals surface area contributed by atoms with Crippen molar-refractivity contribution < 1.29 is 9.72 Å². The van der Waals surface area contributed by atoms with Crippen molar-refractivity contribution in [1.29, 1.82) is 0 Å². The predicted molar refractivity (Wildman–Crippen MR) is 64.5 cm³/mol. The zero-order chi connectivity index (χ0) is 13.1. The van der Waals surface area contributed by atoms with Crippen LogP contribution in [0.25, 0.3) is 0 Å². The highest BCUT2D eigenvalue weighted by Gasteiger charge is 2.18. The van der Waals surface area contributed by atoms with Crippen LogP contribution in [0.5, 0.6) is 0 Å². The van der Waals surface area contributed by atoms with Crippen molar-refractivity contribution >= 4 is 17.7 Å². The van der Waals surface area contributed by atoms with E-state index in [2.05, 4.69) is 10.4 Å². The van der Waals surface area contributed by atoms with E-state index >= 15 is 0 Å². The van der Waals surface area contributed by atoms with E-state index in [1.54, 1.807) is 19.2 Å². The number of nitrogens with one attached hydrogen (secondary N) is 1. The second kappa shape index (κ2) is 4.66. The highest BCUT2D eigenvalue weighted by Crippen LogP contribution is 2.26. The van der Waals surface area contributed by atoms with Crippen LogP contribution in [-0.4, -0.2) is 20.9 Å². The summed E-state index contributed by atoms with van der Waals surface area (Å²) >= 11 is 0. The van der Waals surface area contributed by atoms with Gasteiger partial charge in [0.2, 0.25) is 0 Å². The molecule has 1 N–H and O–H groups in total. The number of pyridine rings is 1. The fourth-order valence-electron chi connectivity index (χ4n) is 1.57. The Morgan fingerprint density at radius 2 is 2.28 bits per heavy atom. The summed E-state index contributed by atoms with van der Waals surface area (Å²) in [4.78, 5) is 24.9. The molecule has 2 heterocycles. The van der Waals surface area contributed by atoms with Gasteiger partial charge in [-0.15, -0.1) is 0 Å². The minimum atomic E-state index is -0.491. The fraction of sp³-hybridized carbons (Fsp3) is 0.0909. The van der Waals surface area contributed by atoms with Crippen molar-refractivity contribution in [3.63, 3.8) is 0 Å². The largest absolute Gasteiger partial charge is 0.315 e. The van der Waals surface area contributed by atoms with E-state index in [4.69, 9.17) is 0 Å². The molecule has 0 aliphatic carbocycles. The molecule has 0 aromatic carbocycles. The van der Waals surface area contributed by atoms with E-state index in [-0.39, 0.29) is 5.69 Å². The number of carbonyl (C=O) groups excluding carboxylic acids is 1. The average molecular weight is 246 g/mol. The number of aldehydes is 1. The lowest BCUT2D eigenvalue weighted by molar-refractivity contribution is -0.384. The third-order valence-electron chi connectivity index (χ3n) is 2.39. The molecule has 2 aromatic heterocycles. The highest BCUT2D eigenvalue weighted by atomic mass is 16.6. The molecule has 2 rings (SSSR count). The summed E-state index contributed by atoms with van der Waals surface area (Å²) in [5, 5.41) is 11.0. The van der Waals surface area contributed by atoms with Gasteiger partial charge in [-0.2, -0.15) is 0 Å². The molecule has 92 valence electrons. The first-order chi connectivity index (χ1) is 8.61. The van der Waals surface area contributed by atoms with Gasteiger partial charge in [0, 0.05) is 24.2 Å². The maximum atomic E-state index is 11.0. The lowest BCUT2D eigenvalue weighted by Gasteiger charge is -2.08. The number of hydrogen-bond donors (Lipinski definition) is 1. The van der Waals surface area contributed by atoms with Crippen molar-refractivity contribution in [2.75, 3.05) is 5.43 Å². The Balaban J connectivity index is 2.36. The molecule has 7 nitrogen and oxygen atoms in total. The van der Waals surface area contributed by atoms with Crippen LogP contribution in [0, 0.1) is 17.0 Å². The van der Waals surface area contributed by atoms with E-state index < -0.39 is 4.92 Å². The van der Waals surface area contributed by atoms with Crippen LogP contribution in [0.2, 0.25) is 0 Å². The summed E-state index contributed by atoms with van der Waals surface area (Å²) in [5.41, 5.74) is 3.87. The van der Waals surface area contributed by atoms with Gasteiger partial charge in [0.1, 0.15) is 11.4 Å². The molecule has 0 unspecified atom stereocenters. The molecule has 0 radical (unpaired) electrons. The molecule has 0 spiro atoms. The van der Waals surface area contributed by atoms with Crippen LogP contribution >= 0.6 is 0 Å². The first kappa shape index (κ1) is 11.8. The normalized spacial score (nSPS) is 10.1. The second-order valence-corrected chi connectivity index (χ2v) is 3.63. The van der Waals surface area contributed by atoms with Crippen molar-refractivity contribution in [3.8, 4) is 0 Å². The average Bonchev–Trinajstić information content (AvgIpc) is 2.76. The van der Waals surface area contributed by atoms with Crippen LogP contribution < -0.4 is 5.43 Å². The zero-order valence-electron chi connectivity index (χ0n) is 9.53. The summed E-state index contributed by atoms with van der Waals surface area (Å²) in [6, 6.07) is 3.10. The molecular formula is C11H10N4O3. The molecular weight excluding hydrogens is 236 g/mol. The van der Waals surface area contributed by atoms with Gasteiger partial charge in [-0.05, 0) is 19.1 Å². The summed E-state index contributed by atoms with van der Waals surface area (Å²) < 4.78 is 1.48. The number of anilines is 1. The van der Waals surface area contributed by atoms with Gasteiger partial charge in [0.25, 0.3) is 0 Å². The Hall–Kier alpha value is -2.70. The summed E-state index contributed by atoms with van der Waals surface area (Å²) in [5.74, 6) is 0. The topological polar surface area (TPSA) is 90.1 Å². The molecule has 18 heavy (non-hydrogen) atoms. The number of hydrogen-bond acceptors (Lipinski definition) is 5. The predicted octanol–water partition coefficient (Wildman–Crippen LogP) is 1.79. The van der Waals surface area contributed by atoms with Gasteiger partial charge >= 0.3 is 5.69 Å². The van der Waals surface area contributed by atoms with Crippen molar-refractivity contribution in [2.24, 2.45) is 0 Å². The SMILES string of the molecule is Cc1nccc(Nn2ccc(C=O)c2)c1[N+](=O)[O-]. The zero-order valence-corrected chi connectivity index (χ0v) is 9.53. The lowest BCUT2D eigenvalue weighted by atomic mass is 10.3. The van der Waals surface area contributed by atoms with E-state index in [1.807, 2.05) is 0 Å². The van der Waals surface area contributed by atoms with Crippen LogP contribution in [0.3, 0.4) is 0 Å². The van der Waals surface area contributed by atoms with Crippen LogP contribution in [0.1, 0.15) is 16.1 Å². The number of carbonyl (C=O) groups is 1. The summed E-state index contributed by atoms with van der Waals surface area (Å²) in [7, 11) is 0. The van der Waals surface area contributed by atoms with E-state index in [1.165, 1.54) is 23.1 Å². The van der Waals surface area contributed by atoms with Crippen molar-refractivity contribution in [2.45, 2.75) is 6.92 Å². The van der Waals surface area contributed by atoms with Gasteiger partial charge in [0.15, 0.2) is 6.29 Å². The molecule has 7 heteroatoms. The third-order valence-corrected chi connectivity index (χ3v) is 2.39. The number of nitrogens with zero attached hydrogens (tertiary/aromatic N) is 3. The highest BCUT2D eigenvalue weighted by molar-refractivity contribution is 5.74. The van der Waals surface area contributed by atoms with E-state index in [0.717, 1.165) is 0 Å². The smallest absolute Gasteiger partial charge is 0.298 e. The first-order valence-electron chi connectivity index (χ1n) is 5.12. The van der Waals surface area contributed by atoms with Crippen LogP contribution in [0.15, 0.2) is 30.7 Å². The van der Waals surface area contributed by atoms with E-state index in [9.17, 15) is 14.9 Å². The Bertz CT molecular complexity index is 606. The van der Waals surface area contributed by atoms with Gasteiger partial charge in [-0.3, -0.25) is 30.0 Å². The number of aromatic nitrogens is 2. The van der Waals surface area contributed by atoms with Crippen LogP contribution in [0.4, 0.5) is 11.4 Å². The summed E-state index contributed by atoms with van der Waals surface area (Å²) in [6.07, 6.45) is 5.31. The monoisotopic (exact) mass is 246 g/mol. The molecule has 2 aromatic rings. The molecule has 0 saturated heterocycles. The number of aryl methyl sites for hydroxylation is 1. The minimum Gasteiger partial charge on any atom is -0.298 e. The Labute approximate surface area is 102 Å². The van der Waals surface area contributed by atoms with Gasteiger partial charge in [-0.25, -0.2) is 0 Å². The second-order valence-electron chi connectivity index (χ2n) is 3.63. The molecule has 0 amide bonds. The maximum absolute atomic E-state index is 11.0. The fourth-order valence-corrected chi connectivity index (χ4v) is 1.57. The molecule has 0 aliphatic rings. The number of nitro groups is 1. The van der Waals surface area contributed by atoms with Crippen molar-refractivity contribution in [1.82, 2.24) is 9.66 Å². The van der Waals surface area contributed by atoms with Gasteiger partial charge in [0.05, 0.1) is 4.92 Å². The molecule has 0 aliphatic heterocycles. The Kier molecular flexibility index (Phi) is 3.05. The quantitative estimate of drug-likeness (QED) is 0.504. The van der Waals surface area contributed by atoms with E-state index in [0.29, 0.717) is 23.2 Å². The Morgan fingerprint density at radius 3 is 2.89 bits per heavy atom. The third kappa shape index (κ3) is 2.19. The van der Waals surface area contributed by atoms with Crippen LogP contribution in [-0.2, 0) is 0 Å². The van der Waals surface area contributed by atoms with Gasteiger partial charge in [-0.1, -0.05) is 0 Å².